The summed E-state index contributed by atoms with van der Waals surface area (Å²) < 4.78 is 0. The third kappa shape index (κ3) is 2.39. The highest BCUT2D eigenvalue weighted by Gasteiger charge is 2.12. The van der Waals surface area contributed by atoms with E-state index < -0.39 is 0 Å². The average Bonchev–Trinajstić information content (AvgIpc) is 2.57. The number of nitrogens with zero attached hydrogens (tertiary/aromatic N) is 1. The molecule has 1 atom stereocenters. The monoisotopic (exact) mass is 194 g/mol. The van der Waals surface area contributed by atoms with Gasteiger partial charge >= 0.3 is 0 Å². The molecule has 13 heavy (non-hydrogen) atoms. The average molecular weight is 194 g/mol. The van der Waals surface area contributed by atoms with Crippen LogP contribution in [-0.2, 0) is 0 Å². The Morgan fingerprint density at radius 3 is 3.23 bits per heavy atom. The van der Waals surface area contributed by atoms with E-state index >= 15 is 0 Å². The molecule has 1 saturated carbocycles. The highest BCUT2D eigenvalue weighted by molar-refractivity contribution is 7.10. The van der Waals surface area contributed by atoms with E-state index in [9.17, 15) is 0 Å². The number of aromatic nitrogens is 1. The molecule has 2 nitrogen and oxygen atoms in total. The third-order valence-corrected chi connectivity index (χ3v) is 3.12. The summed E-state index contributed by atoms with van der Waals surface area (Å²) in [6.07, 6.45) is 8.86. The molecule has 1 aromatic heterocycles. The Morgan fingerprint density at radius 1 is 1.62 bits per heavy atom. The van der Waals surface area contributed by atoms with Crippen LogP contribution >= 0.6 is 11.3 Å². The second kappa shape index (κ2) is 4.03. The first kappa shape index (κ1) is 8.91. The van der Waals surface area contributed by atoms with Crippen molar-refractivity contribution < 1.29 is 0 Å². The maximum absolute atomic E-state index is 5.90. The van der Waals surface area contributed by atoms with Crippen LogP contribution in [-0.4, -0.2) is 11.0 Å². The predicted octanol–water partition coefficient (Wildman–Crippen LogP) is 2.43. The zero-order chi connectivity index (χ0) is 9.10. The summed E-state index contributed by atoms with van der Waals surface area (Å²) in [5, 5.41) is 0. The van der Waals surface area contributed by atoms with Gasteiger partial charge in [-0.1, -0.05) is 5.57 Å². The van der Waals surface area contributed by atoms with Crippen LogP contribution < -0.4 is 5.73 Å². The molecule has 3 heteroatoms. The van der Waals surface area contributed by atoms with E-state index in [0.717, 1.165) is 6.42 Å². The molecule has 1 fully saturated rings. The summed E-state index contributed by atoms with van der Waals surface area (Å²) in [6.45, 7) is 0. The van der Waals surface area contributed by atoms with Crippen LogP contribution in [0.25, 0.3) is 6.08 Å². The number of thiazole rings is 1. The maximum atomic E-state index is 5.90. The Kier molecular flexibility index (Phi) is 2.76. The summed E-state index contributed by atoms with van der Waals surface area (Å²) in [5.41, 5.74) is 9.26. The van der Waals surface area contributed by atoms with Gasteiger partial charge in [0.2, 0.25) is 0 Å². The topological polar surface area (TPSA) is 38.9 Å². The molecule has 2 N–H and O–H groups in total. The first-order chi connectivity index (χ1) is 6.34. The van der Waals surface area contributed by atoms with Crippen molar-refractivity contribution in [3.8, 4) is 0 Å². The van der Waals surface area contributed by atoms with Crippen LogP contribution in [0.5, 0.6) is 0 Å². The van der Waals surface area contributed by atoms with Crippen molar-refractivity contribution in [1.29, 1.82) is 0 Å². The van der Waals surface area contributed by atoms with E-state index in [1.165, 1.54) is 29.7 Å². The standard InChI is InChI=1S/C10H14N2S/c11-9-3-1-2-8(4-9)5-10-6-12-7-13-10/h5-7,9H,1-4,11H2. The second-order valence-corrected chi connectivity index (χ2v) is 4.48. The van der Waals surface area contributed by atoms with Crippen molar-refractivity contribution in [3.05, 3.63) is 22.2 Å². The summed E-state index contributed by atoms with van der Waals surface area (Å²) in [7, 11) is 0. The minimum atomic E-state index is 0.382. The van der Waals surface area contributed by atoms with Crippen LogP contribution in [0, 0.1) is 0 Å². The van der Waals surface area contributed by atoms with Crippen LogP contribution in [0.15, 0.2) is 17.3 Å². The lowest BCUT2D eigenvalue weighted by Gasteiger charge is -2.20. The first-order valence-corrected chi connectivity index (χ1v) is 5.56. The zero-order valence-electron chi connectivity index (χ0n) is 7.57. The number of hydrogen-bond donors (Lipinski definition) is 1. The van der Waals surface area contributed by atoms with Crippen molar-refractivity contribution >= 4 is 17.4 Å². The van der Waals surface area contributed by atoms with Crippen molar-refractivity contribution in [2.75, 3.05) is 0 Å². The molecule has 0 radical (unpaired) electrons. The van der Waals surface area contributed by atoms with Gasteiger partial charge in [0.25, 0.3) is 0 Å². The molecule has 0 saturated heterocycles. The Balaban J connectivity index is 2.07. The molecular weight excluding hydrogens is 180 g/mol. The van der Waals surface area contributed by atoms with Crippen LogP contribution in [0.4, 0.5) is 0 Å². The molecule has 70 valence electrons. The lowest BCUT2D eigenvalue weighted by Crippen LogP contribution is -2.23. The molecule has 1 aromatic rings. The van der Waals surface area contributed by atoms with E-state index in [0.29, 0.717) is 6.04 Å². The van der Waals surface area contributed by atoms with E-state index in [2.05, 4.69) is 11.1 Å². The van der Waals surface area contributed by atoms with Gasteiger partial charge < -0.3 is 5.73 Å². The fourth-order valence-corrected chi connectivity index (χ4v) is 2.36. The third-order valence-electron chi connectivity index (χ3n) is 2.39. The van der Waals surface area contributed by atoms with Gasteiger partial charge in [0.05, 0.1) is 5.51 Å². The highest BCUT2D eigenvalue weighted by Crippen LogP contribution is 2.25. The van der Waals surface area contributed by atoms with Gasteiger partial charge in [-0.15, -0.1) is 11.3 Å². The molecule has 0 spiro atoms. The highest BCUT2D eigenvalue weighted by atomic mass is 32.1. The minimum Gasteiger partial charge on any atom is -0.327 e. The summed E-state index contributed by atoms with van der Waals surface area (Å²) in [5.74, 6) is 0. The Hall–Kier alpha value is -0.670. The Bertz CT molecular complexity index is 290. The van der Waals surface area contributed by atoms with E-state index in [1.807, 2.05) is 11.7 Å². The van der Waals surface area contributed by atoms with E-state index in [4.69, 9.17) is 5.73 Å². The molecule has 1 aliphatic rings. The second-order valence-electron chi connectivity index (χ2n) is 3.56. The smallest absolute Gasteiger partial charge is 0.0797 e. The van der Waals surface area contributed by atoms with Gasteiger partial charge in [-0.05, 0) is 31.8 Å². The minimum absolute atomic E-state index is 0.382. The van der Waals surface area contributed by atoms with Crippen molar-refractivity contribution in [3.63, 3.8) is 0 Å². The fourth-order valence-electron chi connectivity index (χ4n) is 1.76. The van der Waals surface area contributed by atoms with Crippen LogP contribution in [0.1, 0.15) is 30.6 Å². The predicted molar refractivity (Wildman–Crippen MR) is 56.5 cm³/mol. The Labute approximate surface area is 82.5 Å². The molecule has 1 heterocycles. The van der Waals surface area contributed by atoms with Crippen LogP contribution in [0.2, 0.25) is 0 Å². The van der Waals surface area contributed by atoms with Gasteiger partial charge in [0.1, 0.15) is 0 Å². The van der Waals surface area contributed by atoms with Gasteiger partial charge in [-0.3, -0.25) is 4.98 Å². The Morgan fingerprint density at radius 2 is 2.54 bits per heavy atom. The van der Waals surface area contributed by atoms with Gasteiger partial charge in [0, 0.05) is 17.1 Å². The molecule has 1 unspecified atom stereocenters. The van der Waals surface area contributed by atoms with Crippen molar-refractivity contribution in [1.82, 2.24) is 4.98 Å². The lowest BCUT2D eigenvalue weighted by molar-refractivity contribution is 0.520. The SMILES string of the molecule is NC1CCCC(=Cc2cncs2)C1. The van der Waals surface area contributed by atoms with E-state index in [-0.39, 0.29) is 0 Å². The normalized spacial score (nSPS) is 26.5. The number of hydrogen-bond acceptors (Lipinski definition) is 3. The molecule has 0 bridgehead atoms. The zero-order valence-corrected chi connectivity index (χ0v) is 8.39. The first-order valence-electron chi connectivity index (χ1n) is 4.68. The molecule has 0 aromatic carbocycles. The summed E-state index contributed by atoms with van der Waals surface area (Å²) >= 11 is 1.69. The van der Waals surface area contributed by atoms with Crippen molar-refractivity contribution in [2.24, 2.45) is 5.73 Å². The summed E-state index contributed by atoms with van der Waals surface area (Å²) in [4.78, 5) is 5.30. The molecule has 1 aliphatic carbocycles. The maximum Gasteiger partial charge on any atom is 0.0797 e. The molecule has 0 amide bonds. The molecule has 2 rings (SSSR count). The van der Waals surface area contributed by atoms with Gasteiger partial charge in [-0.2, -0.15) is 0 Å². The largest absolute Gasteiger partial charge is 0.327 e. The van der Waals surface area contributed by atoms with Gasteiger partial charge in [-0.25, -0.2) is 0 Å². The fraction of sp³-hybridized carbons (Fsp3) is 0.500. The van der Waals surface area contributed by atoms with Gasteiger partial charge in [0.15, 0.2) is 0 Å². The van der Waals surface area contributed by atoms with E-state index in [1.54, 1.807) is 11.3 Å². The molecule has 0 aliphatic heterocycles. The number of nitrogens with two attached hydrogens (primary N) is 1. The van der Waals surface area contributed by atoms with Crippen molar-refractivity contribution in [2.45, 2.75) is 31.7 Å². The molecular formula is C10H14N2S. The number of rotatable bonds is 1. The van der Waals surface area contributed by atoms with Crippen LogP contribution in [0.3, 0.4) is 0 Å². The summed E-state index contributed by atoms with van der Waals surface area (Å²) in [6, 6.07) is 0.382. The quantitative estimate of drug-likeness (QED) is 0.745. The lowest BCUT2D eigenvalue weighted by atomic mass is 9.91.